The molecule has 0 radical (unpaired) electrons. The molecule has 2 aromatic carbocycles. The first-order valence-corrected chi connectivity index (χ1v) is 11.7. The summed E-state index contributed by atoms with van der Waals surface area (Å²) in [6.45, 7) is -2.68. The Hall–Kier alpha value is -3.70. The molecule has 0 saturated heterocycles. The molecule has 230 valence electrons. The van der Waals surface area contributed by atoms with Crippen LogP contribution >= 0.6 is 0 Å². The predicted molar refractivity (Wildman–Crippen MR) is 122 cm³/mol. The van der Waals surface area contributed by atoms with Crippen molar-refractivity contribution >= 4 is 0 Å². The molecule has 0 bridgehead atoms. The van der Waals surface area contributed by atoms with Gasteiger partial charge in [-0.2, -0.15) is 26.3 Å². The molecule has 0 aliphatic carbocycles. The van der Waals surface area contributed by atoms with Crippen LogP contribution in [0.25, 0.3) is 11.4 Å². The summed E-state index contributed by atoms with van der Waals surface area (Å²) >= 11 is 0. The first-order valence-electron chi connectivity index (χ1n) is 11.7. The minimum atomic E-state index is -6.45. The van der Waals surface area contributed by atoms with Crippen LogP contribution in [0.4, 0.5) is 43.9 Å². The number of benzene rings is 2. The second kappa shape index (κ2) is 13.5. The molecule has 0 spiro atoms. The summed E-state index contributed by atoms with van der Waals surface area (Å²) in [6.07, 6.45) is -21.6. The van der Waals surface area contributed by atoms with E-state index in [1.807, 2.05) is 35.1 Å². The lowest BCUT2D eigenvalue weighted by molar-refractivity contribution is -0.530. The lowest BCUT2D eigenvalue weighted by Crippen LogP contribution is -2.51. The van der Waals surface area contributed by atoms with Crippen molar-refractivity contribution < 1.29 is 67.6 Å². The third-order valence-electron chi connectivity index (χ3n) is 4.89. The molecule has 0 saturated carbocycles. The van der Waals surface area contributed by atoms with E-state index in [9.17, 15) is 43.9 Å². The first kappa shape index (κ1) is 32.8. The third kappa shape index (κ3) is 9.99. The van der Waals surface area contributed by atoms with Crippen molar-refractivity contribution in [2.75, 3.05) is 19.8 Å². The van der Waals surface area contributed by atoms with Gasteiger partial charge in [-0.3, -0.25) is 0 Å². The van der Waals surface area contributed by atoms with Crippen molar-refractivity contribution in [3.8, 4) is 22.9 Å². The fourth-order valence-corrected chi connectivity index (χ4v) is 3.05. The monoisotopic (exact) mass is 618 g/mol. The van der Waals surface area contributed by atoms with Gasteiger partial charge in [0.25, 0.3) is 0 Å². The minimum absolute atomic E-state index is 0.178. The van der Waals surface area contributed by atoms with Gasteiger partial charge in [0.15, 0.2) is 23.1 Å². The Labute approximate surface area is 230 Å². The number of hydrogen-bond acceptors (Lipinski definition) is 7. The van der Waals surface area contributed by atoms with Gasteiger partial charge in [-0.05, 0) is 23.8 Å². The van der Waals surface area contributed by atoms with Crippen molar-refractivity contribution in [3.05, 3.63) is 72.3 Å². The number of alkyl halides is 9. The molecule has 0 amide bonds. The highest BCUT2D eigenvalue weighted by atomic mass is 19.4. The third-order valence-corrected chi connectivity index (χ3v) is 4.89. The maximum atomic E-state index is 14.4. The molecule has 42 heavy (non-hydrogen) atoms. The standard InChI is InChI=1S/C25H20F10N2O5/c26-19-11-17(21-36-12-18(13-37-21)40-14-16-5-2-1-3-6-16)7-8-20(19)39-10-4-9-38-15-22(27,28)41-23(29,30)24(31,32)42-25(33,34)35/h1-3,5-8,11-13H,4,9-10,14-15H2. The van der Waals surface area contributed by atoms with Gasteiger partial charge in [0.2, 0.25) is 0 Å². The first-order chi connectivity index (χ1) is 19.6. The zero-order valence-electron chi connectivity index (χ0n) is 21.0. The van der Waals surface area contributed by atoms with E-state index in [1.54, 1.807) is 0 Å². The maximum Gasteiger partial charge on any atom is 0.527 e. The highest BCUT2D eigenvalue weighted by Gasteiger charge is 2.67. The molecule has 0 N–H and O–H groups in total. The van der Waals surface area contributed by atoms with Gasteiger partial charge in [-0.15, -0.1) is 13.2 Å². The smallest absolute Gasteiger partial charge is 0.490 e. The zero-order chi connectivity index (χ0) is 31.0. The van der Waals surface area contributed by atoms with E-state index in [0.717, 1.165) is 11.6 Å². The fraction of sp³-hybridized carbons (Fsp3) is 0.360. The van der Waals surface area contributed by atoms with Crippen LogP contribution in [-0.4, -0.2) is 54.5 Å². The van der Waals surface area contributed by atoms with Crippen molar-refractivity contribution in [2.45, 2.75) is 37.7 Å². The highest BCUT2D eigenvalue weighted by Crippen LogP contribution is 2.43. The van der Waals surface area contributed by atoms with Crippen LogP contribution in [0.5, 0.6) is 11.5 Å². The largest absolute Gasteiger partial charge is 0.527 e. The van der Waals surface area contributed by atoms with E-state index in [-0.39, 0.29) is 24.6 Å². The molecule has 17 heteroatoms. The van der Waals surface area contributed by atoms with E-state index in [4.69, 9.17) is 9.47 Å². The molecule has 0 aliphatic rings. The van der Waals surface area contributed by atoms with E-state index in [2.05, 4.69) is 19.4 Å². The summed E-state index contributed by atoms with van der Waals surface area (Å²) in [6, 6.07) is 13.1. The van der Waals surface area contributed by atoms with Crippen LogP contribution in [0.2, 0.25) is 0 Å². The molecular weight excluding hydrogens is 598 g/mol. The van der Waals surface area contributed by atoms with E-state index in [0.29, 0.717) is 17.9 Å². The number of nitrogens with zero attached hydrogens (tertiary/aromatic N) is 2. The van der Waals surface area contributed by atoms with Crippen LogP contribution < -0.4 is 9.47 Å². The summed E-state index contributed by atoms with van der Waals surface area (Å²) in [4.78, 5) is 8.24. The van der Waals surface area contributed by atoms with Gasteiger partial charge in [-0.1, -0.05) is 30.3 Å². The topological polar surface area (TPSA) is 71.9 Å². The Kier molecular flexibility index (Phi) is 10.6. The molecular formula is C25H20F10N2O5. The molecule has 1 heterocycles. The van der Waals surface area contributed by atoms with E-state index < -0.39 is 43.7 Å². The molecule has 7 nitrogen and oxygen atoms in total. The van der Waals surface area contributed by atoms with Crippen LogP contribution in [0.3, 0.4) is 0 Å². The highest BCUT2D eigenvalue weighted by molar-refractivity contribution is 5.56. The molecule has 1 aromatic heterocycles. The minimum Gasteiger partial charge on any atom is -0.490 e. The van der Waals surface area contributed by atoms with Crippen molar-refractivity contribution in [2.24, 2.45) is 0 Å². The number of rotatable bonds is 15. The SMILES string of the molecule is Fc1cc(-c2ncc(OCc3ccccc3)cn2)ccc1OCCCOCC(F)(F)OC(F)(F)C(F)(F)OC(F)(F)F. The van der Waals surface area contributed by atoms with Gasteiger partial charge >= 0.3 is 24.7 Å². The average Bonchev–Trinajstić information content (AvgIpc) is 2.89. The zero-order valence-corrected chi connectivity index (χ0v) is 21.0. The molecule has 0 aliphatic heterocycles. The lowest BCUT2D eigenvalue weighted by atomic mass is 10.2. The Morgan fingerprint density at radius 2 is 1.36 bits per heavy atom. The molecule has 0 atom stereocenters. The summed E-state index contributed by atoms with van der Waals surface area (Å²) in [5.74, 6) is -0.513. The number of halogens is 10. The summed E-state index contributed by atoms with van der Waals surface area (Å²) in [5, 5.41) is 0. The number of aromatic nitrogens is 2. The lowest BCUT2D eigenvalue weighted by Gasteiger charge is -2.29. The average molecular weight is 618 g/mol. The Bertz CT molecular complexity index is 1280. The maximum absolute atomic E-state index is 14.4. The van der Waals surface area contributed by atoms with Crippen molar-refractivity contribution in [1.82, 2.24) is 9.97 Å². The van der Waals surface area contributed by atoms with Gasteiger partial charge in [-0.25, -0.2) is 23.8 Å². The van der Waals surface area contributed by atoms with Gasteiger partial charge in [0.1, 0.15) is 13.2 Å². The van der Waals surface area contributed by atoms with Crippen LogP contribution in [0.1, 0.15) is 12.0 Å². The molecule has 3 rings (SSSR count). The van der Waals surface area contributed by atoms with Crippen molar-refractivity contribution in [1.29, 1.82) is 0 Å². The summed E-state index contributed by atoms with van der Waals surface area (Å²) in [5.41, 5.74) is 1.23. The normalized spacial score (nSPS) is 12.8. The van der Waals surface area contributed by atoms with Crippen molar-refractivity contribution in [3.63, 3.8) is 0 Å². The molecule has 0 fully saturated rings. The summed E-state index contributed by atoms with van der Waals surface area (Å²) < 4.78 is 148. The summed E-state index contributed by atoms with van der Waals surface area (Å²) in [7, 11) is 0. The van der Waals surface area contributed by atoms with Crippen LogP contribution in [-0.2, 0) is 20.8 Å². The molecule has 3 aromatic rings. The van der Waals surface area contributed by atoms with Gasteiger partial charge < -0.3 is 14.2 Å². The second-order valence-electron chi connectivity index (χ2n) is 8.24. The quantitative estimate of drug-likeness (QED) is 0.135. The van der Waals surface area contributed by atoms with E-state index in [1.165, 1.54) is 24.5 Å². The Morgan fingerprint density at radius 1 is 0.714 bits per heavy atom. The Morgan fingerprint density at radius 3 is 1.98 bits per heavy atom. The van der Waals surface area contributed by atoms with Crippen LogP contribution in [0.15, 0.2) is 60.9 Å². The Balaban J connectivity index is 1.41. The van der Waals surface area contributed by atoms with Gasteiger partial charge in [0.05, 0.1) is 25.6 Å². The van der Waals surface area contributed by atoms with E-state index >= 15 is 0 Å². The predicted octanol–water partition coefficient (Wildman–Crippen LogP) is 6.98. The molecule has 0 unspecified atom stereocenters. The van der Waals surface area contributed by atoms with Gasteiger partial charge in [0, 0.05) is 12.0 Å². The fourth-order valence-electron chi connectivity index (χ4n) is 3.05. The van der Waals surface area contributed by atoms with Crippen LogP contribution in [0, 0.1) is 5.82 Å². The second-order valence-corrected chi connectivity index (χ2v) is 8.24. The number of hydrogen-bond donors (Lipinski definition) is 0. The number of ether oxygens (including phenoxy) is 5.